The normalized spacial score (nSPS) is 14.2. The SMILES string of the molecule is Cc1ccc(CNC(=O)Nc2ccccc2)cc1NC(=O)c1cnc2cc(OCCN3CCN(C)CC3)ccn12. The molecule has 208 valence electrons. The van der Waals surface area contributed by atoms with E-state index in [4.69, 9.17) is 4.74 Å². The molecule has 10 heteroatoms. The molecule has 0 radical (unpaired) electrons. The Kier molecular flexibility index (Phi) is 8.58. The van der Waals surface area contributed by atoms with E-state index in [2.05, 4.69) is 37.8 Å². The molecule has 2 aromatic carbocycles. The van der Waals surface area contributed by atoms with E-state index in [0.29, 0.717) is 35.9 Å². The second-order valence-electron chi connectivity index (χ2n) is 10.0. The number of carbonyl (C=O) groups is 2. The van der Waals surface area contributed by atoms with Gasteiger partial charge in [0.1, 0.15) is 23.7 Å². The third kappa shape index (κ3) is 6.96. The molecule has 1 saturated heterocycles. The molecule has 0 saturated carbocycles. The number of para-hydroxylation sites is 1. The minimum Gasteiger partial charge on any atom is -0.492 e. The summed E-state index contributed by atoms with van der Waals surface area (Å²) in [6.07, 6.45) is 3.37. The maximum absolute atomic E-state index is 13.2. The maximum Gasteiger partial charge on any atom is 0.319 e. The van der Waals surface area contributed by atoms with Crippen LogP contribution in [0.25, 0.3) is 5.65 Å². The van der Waals surface area contributed by atoms with Crippen molar-refractivity contribution in [3.63, 3.8) is 0 Å². The number of imidazole rings is 1. The van der Waals surface area contributed by atoms with Crippen molar-refractivity contribution in [2.75, 3.05) is 57.0 Å². The molecule has 10 nitrogen and oxygen atoms in total. The van der Waals surface area contributed by atoms with Crippen LogP contribution in [-0.2, 0) is 6.54 Å². The first-order valence-corrected chi connectivity index (χ1v) is 13.5. The molecule has 2 aromatic heterocycles. The number of ether oxygens (including phenoxy) is 1. The van der Waals surface area contributed by atoms with Crippen LogP contribution in [0.5, 0.6) is 5.75 Å². The highest BCUT2D eigenvalue weighted by molar-refractivity contribution is 6.04. The number of carbonyl (C=O) groups excluding carboxylic acids is 2. The molecule has 3 heterocycles. The highest BCUT2D eigenvalue weighted by Crippen LogP contribution is 2.20. The Bertz CT molecular complexity index is 1460. The lowest BCUT2D eigenvalue weighted by Crippen LogP contribution is -2.45. The zero-order chi connectivity index (χ0) is 27.9. The zero-order valence-corrected chi connectivity index (χ0v) is 22.9. The Labute approximate surface area is 233 Å². The van der Waals surface area contributed by atoms with Gasteiger partial charge in [0.15, 0.2) is 0 Å². The predicted octanol–water partition coefficient (Wildman–Crippen LogP) is 3.84. The van der Waals surface area contributed by atoms with Crippen LogP contribution >= 0.6 is 0 Å². The molecule has 40 heavy (non-hydrogen) atoms. The number of fused-ring (bicyclic) bond motifs is 1. The summed E-state index contributed by atoms with van der Waals surface area (Å²) in [6.45, 7) is 8.00. The van der Waals surface area contributed by atoms with E-state index in [1.165, 1.54) is 0 Å². The van der Waals surface area contributed by atoms with Crippen LogP contribution in [0.1, 0.15) is 21.6 Å². The fraction of sp³-hybridized carbons (Fsp3) is 0.300. The number of likely N-dealkylation sites (N-methyl/N-ethyl adjacent to an activating group) is 1. The summed E-state index contributed by atoms with van der Waals surface area (Å²) in [5.74, 6) is 0.456. The number of nitrogens with one attached hydrogen (secondary N) is 3. The van der Waals surface area contributed by atoms with Crippen LogP contribution in [0.4, 0.5) is 16.2 Å². The standard InChI is InChI=1S/C30H35N7O3/c1-22-8-9-23(20-32-30(39)33-24-6-4-3-5-7-24)18-26(22)34-29(38)27-21-31-28-19-25(10-11-37(27)28)40-17-16-36-14-12-35(2)13-15-36/h3-11,18-19,21H,12-17,20H2,1-2H3,(H,34,38)(H2,32,33,39). The van der Waals surface area contributed by atoms with Crippen LogP contribution in [0.2, 0.25) is 0 Å². The van der Waals surface area contributed by atoms with Crippen molar-refractivity contribution in [1.29, 1.82) is 0 Å². The topological polar surface area (TPSA) is 103 Å². The van der Waals surface area contributed by atoms with E-state index >= 15 is 0 Å². The molecule has 1 fully saturated rings. The number of aryl methyl sites for hydroxylation is 1. The number of rotatable bonds is 9. The number of hydrogen-bond acceptors (Lipinski definition) is 6. The van der Waals surface area contributed by atoms with E-state index in [-0.39, 0.29) is 11.9 Å². The van der Waals surface area contributed by atoms with Crippen LogP contribution < -0.4 is 20.7 Å². The van der Waals surface area contributed by atoms with E-state index < -0.39 is 0 Å². The molecule has 0 atom stereocenters. The Hall–Kier alpha value is -4.41. The molecular formula is C30H35N7O3. The minimum atomic E-state index is -0.300. The first kappa shape index (κ1) is 27.2. The average molecular weight is 542 g/mol. The van der Waals surface area contributed by atoms with Crippen molar-refractivity contribution in [1.82, 2.24) is 24.5 Å². The van der Waals surface area contributed by atoms with Crippen molar-refractivity contribution in [3.05, 3.63) is 89.9 Å². The van der Waals surface area contributed by atoms with Gasteiger partial charge in [-0.05, 0) is 49.4 Å². The zero-order valence-electron chi connectivity index (χ0n) is 22.9. The fourth-order valence-electron chi connectivity index (χ4n) is 4.56. The maximum atomic E-state index is 13.2. The molecule has 1 aliphatic rings. The Morgan fingerprint density at radius 2 is 1.77 bits per heavy atom. The first-order valence-electron chi connectivity index (χ1n) is 13.5. The third-order valence-electron chi connectivity index (χ3n) is 7.02. The van der Waals surface area contributed by atoms with E-state index in [0.717, 1.165) is 49.6 Å². The smallest absolute Gasteiger partial charge is 0.319 e. The Morgan fingerprint density at radius 1 is 0.975 bits per heavy atom. The molecule has 1 aliphatic heterocycles. The van der Waals surface area contributed by atoms with Crippen molar-refractivity contribution in [2.45, 2.75) is 13.5 Å². The average Bonchev–Trinajstić information content (AvgIpc) is 3.39. The van der Waals surface area contributed by atoms with Gasteiger partial charge in [-0.1, -0.05) is 30.3 Å². The molecule has 0 spiro atoms. The Balaban J connectivity index is 1.17. The Morgan fingerprint density at radius 3 is 2.58 bits per heavy atom. The number of amides is 3. The lowest BCUT2D eigenvalue weighted by molar-refractivity contribution is 0.102. The van der Waals surface area contributed by atoms with Gasteiger partial charge < -0.3 is 25.6 Å². The second-order valence-corrected chi connectivity index (χ2v) is 10.0. The van der Waals surface area contributed by atoms with Crippen molar-refractivity contribution in [3.8, 4) is 5.75 Å². The highest BCUT2D eigenvalue weighted by atomic mass is 16.5. The lowest BCUT2D eigenvalue weighted by Gasteiger charge is -2.32. The summed E-state index contributed by atoms with van der Waals surface area (Å²) in [6, 6.07) is 18.4. The number of piperazine rings is 1. The number of anilines is 2. The van der Waals surface area contributed by atoms with Gasteiger partial charge in [0.25, 0.3) is 5.91 Å². The summed E-state index contributed by atoms with van der Waals surface area (Å²) >= 11 is 0. The van der Waals surface area contributed by atoms with Gasteiger partial charge in [-0.2, -0.15) is 0 Å². The van der Waals surface area contributed by atoms with Crippen molar-refractivity contribution >= 4 is 29.0 Å². The quantitative estimate of drug-likeness (QED) is 0.298. The lowest BCUT2D eigenvalue weighted by atomic mass is 10.1. The monoisotopic (exact) mass is 541 g/mol. The van der Waals surface area contributed by atoms with Crippen LogP contribution in [0, 0.1) is 6.92 Å². The molecule has 4 aromatic rings. The molecule has 0 bridgehead atoms. The van der Waals surface area contributed by atoms with Crippen LogP contribution in [-0.4, -0.2) is 77.5 Å². The van der Waals surface area contributed by atoms with Gasteiger partial charge in [-0.3, -0.25) is 14.1 Å². The van der Waals surface area contributed by atoms with E-state index in [1.807, 2.05) is 67.6 Å². The molecule has 5 rings (SSSR count). The number of hydrogen-bond donors (Lipinski definition) is 3. The predicted molar refractivity (Wildman–Crippen MR) is 156 cm³/mol. The summed E-state index contributed by atoms with van der Waals surface area (Å²) in [5, 5.41) is 8.63. The number of aromatic nitrogens is 2. The van der Waals surface area contributed by atoms with E-state index in [1.54, 1.807) is 16.8 Å². The van der Waals surface area contributed by atoms with Crippen molar-refractivity contribution < 1.29 is 14.3 Å². The van der Waals surface area contributed by atoms with E-state index in [9.17, 15) is 9.59 Å². The largest absolute Gasteiger partial charge is 0.492 e. The van der Waals surface area contributed by atoms with Gasteiger partial charge in [0.2, 0.25) is 0 Å². The molecule has 3 N–H and O–H groups in total. The second kappa shape index (κ2) is 12.6. The number of urea groups is 1. The number of benzene rings is 2. The van der Waals surface area contributed by atoms with Gasteiger partial charge in [0, 0.05) is 62.9 Å². The molecule has 3 amide bonds. The number of nitrogens with zero attached hydrogens (tertiary/aromatic N) is 4. The van der Waals surface area contributed by atoms with Gasteiger partial charge >= 0.3 is 6.03 Å². The summed E-state index contributed by atoms with van der Waals surface area (Å²) in [4.78, 5) is 34.6. The fourth-order valence-corrected chi connectivity index (χ4v) is 4.56. The minimum absolute atomic E-state index is 0.272. The van der Waals surface area contributed by atoms with Gasteiger partial charge in [-0.15, -0.1) is 0 Å². The van der Waals surface area contributed by atoms with Gasteiger partial charge in [-0.25, -0.2) is 9.78 Å². The first-order chi connectivity index (χ1) is 19.4. The number of pyridine rings is 1. The molecule has 0 aliphatic carbocycles. The highest BCUT2D eigenvalue weighted by Gasteiger charge is 2.16. The summed E-state index contributed by atoms with van der Waals surface area (Å²) in [7, 11) is 2.15. The van der Waals surface area contributed by atoms with Crippen LogP contribution in [0.3, 0.4) is 0 Å². The van der Waals surface area contributed by atoms with Gasteiger partial charge in [0.05, 0.1) is 6.20 Å². The van der Waals surface area contributed by atoms with Crippen molar-refractivity contribution in [2.24, 2.45) is 0 Å². The van der Waals surface area contributed by atoms with Crippen LogP contribution in [0.15, 0.2) is 73.1 Å². The third-order valence-corrected chi connectivity index (χ3v) is 7.02. The summed E-state index contributed by atoms with van der Waals surface area (Å²) < 4.78 is 7.71. The molecular weight excluding hydrogens is 506 g/mol. The summed E-state index contributed by atoms with van der Waals surface area (Å²) in [5.41, 5.74) is 4.22. The molecule has 0 unspecified atom stereocenters.